The standard InChI is InChI=1S/C18H26N4O4S/c1-17(2)13(14(24)26-4)20-16(27-17)18(3,15(25)22-19)21-12(23)10-11-8-6-5-7-9-11/h5-9,13,16,20H,10,19H2,1-4H3,(H,21,23)(H,22,25). The second-order valence-corrected chi connectivity index (χ2v) is 8.87. The fourth-order valence-corrected chi connectivity index (χ4v) is 4.53. The van der Waals surface area contributed by atoms with Crippen LogP contribution in [0.25, 0.3) is 0 Å². The van der Waals surface area contributed by atoms with Crippen molar-refractivity contribution in [1.29, 1.82) is 0 Å². The lowest BCUT2D eigenvalue weighted by Crippen LogP contribution is -2.66. The number of ether oxygens (including phenoxy) is 1. The zero-order chi connectivity index (χ0) is 20.2. The van der Waals surface area contributed by atoms with Gasteiger partial charge in [-0.15, -0.1) is 11.8 Å². The highest BCUT2D eigenvalue weighted by molar-refractivity contribution is 8.01. The van der Waals surface area contributed by atoms with Gasteiger partial charge in [-0.2, -0.15) is 0 Å². The summed E-state index contributed by atoms with van der Waals surface area (Å²) < 4.78 is 4.31. The fourth-order valence-electron chi connectivity index (χ4n) is 3.02. The van der Waals surface area contributed by atoms with Crippen LogP contribution in [-0.2, 0) is 25.5 Å². The number of benzene rings is 1. The first-order valence-corrected chi connectivity index (χ1v) is 9.39. The van der Waals surface area contributed by atoms with Crippen LogP contribution in [-0.4, -0.2) is 46.6 Å². The maximum Gasteiger partial charge on any atom is 0.324 e. The van der Waals surface area contributed by atoms with Crippen molar-refractivity contribution in [2.24, 2.45) is 5.84 Å². The minimum atomic E-state index is -1.37. The number of carbonyl (C=O) groups is 3. The SMILES string of the molecule is COC(=O)C1NC(C(C)(NC(=O)Cc2ccccc2)C(=O)NN)SC1(C)C. The molecule has 27 heavy (non-hydrogen) atoms. The lowest BCUT2D eigenvalue weighted by molar-refractivity contribution is -0.144. The van der Waals surface area contributed by atoms with E-state index in [2.05, 4.69) is 16.1 Å². The Kier molecular flexibility index (Phi) is 6.50. The van der Waals surface area contributed by atoms with Gasteiger partial charge in [0.2, 0.25) is 5.91 Å². The maximum absolute atomic E-state index is 12.6. The highest BCUT2D eigenvalue weighted by atomic mass is 32.2. The molecule has 0 radical (unpaired) electrons. The fraction of sp³-hybridized carbons (Fsp3) is 0.500. The maximum atomic E-state index is 12.6. The van der Waals surface area contributed by atoms with Gasteiger partial charge < -0.3 is 10.1 Å². The molecule has 8 nitrogen and oxygen atoms in total. The first kappa shape index (κ1) is 21.2. The predicted octanol–water partition coefficient (Wildman–Crippen LogP) is 0.0766. The van der Waals surface area contributed by atoms with Crippen molar-refractivity contribution in [3.05, 3.63) is 35.9 Å². The van der Waals surface area contributed by atoms with Gasteiger partial charge in [0.1, 0.15) is 11.6 Å². The molecule has 0 saturated carbocycles. The molecule has 1 aliphatic heterocycles. The molecule has 0 aromatic heterocycles. The largest absolute Gasteiger partial charge is 0.468 e. The van der Waals surface area contributed by atoms with E-state index in [1.54, 1.807) is 6.92 Å². The van der Waals surface area contributed by atoms with E-state index in [9.17, 15) is 14.4 Å². The quantitative estimate of drug-likeness (QED) is 0.233. The Balaban J connectivity index is 2.22. The molecule has 1 saturated heterocycles. The molecule has 9 heteroatoms. The molecule has 148 valence electrons. The van der Waals surface area contributed by atoms with Crippen LogP contribution in [0.15, 0.2) is 30.3 Å². The molecular weight excluding hydrogens is 368 g/mol. The van der Waals surface area contributed by atoms with Gasteiger partial charge in [0.15, 0.2) is 0 Å². The molecule has 2 amide bonds. The third kappa shape index (κ3) is 4.60. The van der Waals surface area contributed by atoms with Crippen LogP contribution >= 0.6 is 11.8 Å². The third-order valence-corrected chi connectivity index (χ3v) is 6.29. The summed E-state index contributed by atoms with van der Waals surface area (Å²) in [6, 6.07) is 8.58. The van der Waals surface area contributed by atoms with Crippen molar-refractivity contribution in [3.63, 3.8) is 0 Å². The minimum Gasteiger partial charge on any atom is -0.468 e. The third-order valence-electron chi connectivity index (χ3n) is 4.61. The highest BCUT2D eigenvalue weighted by Gasteiger charge is 2.54. The molecule has 3 unspecified atom stereocenters. The Hall–Kier alpha value is -2.10. The highest BCUT2D eigenvalue weighted by Crippen LogP contribution is 2.42. The van der Waals surface area contributed by atoms with E-state index in [1.165, 1.54) is 18.9 Å². The molecule has 5 N–H and O–H groups in total. The summed E-state index contributed by atoms with van der Waals surface area (Å²) in [5.41, 5.74) is 1.57. The lowest BCUT2D eigenvalue weighted by Gasteiger charge is -2.34. The molecular formula is C18H26N4O4S. The Labute approximate surface area is 162 Å². The van der Waals surface area contributed by atoms with Crippen molar-refractivity contribution in [2.45, 2.75) is 48.9 Å². The predicted molar refractivity (Wildman–Crippen MR) is 103 cm³/mol. The van der Waals surface area contributed by atoms with Crippen molar-refractivity contribution in [2.75, 3.05) is 7.11 Å². The van der Waals surface area contributed by atoms with Gasteiger partial charge in [-0.25, -0.2) is 5.84 Å². The number of hydrogen-bond donors (Lipinski definition) is 4. The van der Waals surface area contributed by atoms with Crippen LogP contribution in [0.3, 0.4) is 0 Å². The summed E-state index contributed by atoms with van der Waals surface area (Å²) >= 11 is 1.38. The lowest BCUT2D eigenvalue weighted by atomic mass is 9.97. The summed E-state index contributed by atoms with van der Waals surface area (Å²) in [6.45, 7) is 5.33. The molecule has 1 aromatic rings. The molecule has 1 aromatic carbocycles. The molecule has 1 aliphatic rings. The van der Waals surface area contributed by atoms with E-state index < -0.39 is 33.6 Å². The monoisotopic (exact) mass is 394 g/mol. The van der Waals surface area contributed by atoms with Crippen molar-refractivity contribution >= 4 is 29.5 Å². The van der Waals surface area contributed by atoms with Crippen LogP contribution in [0.4, 0.5) is 0 Å². The molecule has 0 bridgehead atoms. The van der Waals surface area contributed by atoms with Gasteiger partial charge in [-0.05, 0) is 26.3 Å². The zero-order valence-corrected chi connectivity index (χ0v) is 16.7. The smallest absolute Gasteiger partial charge is 0.324 e. The van der Waals surface area contributed by atoms with E-state index in [4.69, 9.17) is 10.6 Å². The molecule has 2 rings (SSSR count). The summed E-state index contributed by atoms with van der Waals surface area (Å²) in [5.74, 6) is 4.05. The van der Waals surface area contributed by atoms with Crippen LogP contribution in [0.5, 0.6) is 0 Å². The van der Waals surface area contributed by atoms with Gasteiger partial charge in [-0.1, -0.05) is 30.3 Å². The van der Waals surface area contributed by atoms with E-state index in [-0.39, 0.29) is 12.3 Å². The molecule has 0 aliphatic carbocycles. The molecule has 0 spiro atoms. The normalized spacial score (nSPS) is 23.1. The number of rotatable bonds is 6. The average Bonchev–Trinajstić information content (AvgIpc) is 2.96. The Morgan fingerprint density at radius 2 is 1.93 bits per heavy atom. The van der Waals surface area contributed by atoms with Crippen molar-refractivity contribution in [3.8, 4) is 0 Å². The van der Waals surface area contributed by atoms with Crippen LogP contribution in [0.1, 0.15) is 26.3 Å². The average molecular weight is 394 g/mol. The van der Waals surface area contributed by atoms with Gasteiger partial charge in [0, 0.05) is 4.75 Å². The van der Waals surface area contributed by atoms with E-state index >= 15 is 0 Å². The van der Waals surface area contributed by atoms with E-state index in [1.807, 2.05) is 44.2 Å². The number of amides is 2. The van der Waals surface area contributed by atoms with Crippen LogP contribution < -0.4 is 21.9 Å². The second kappa shape index (κ2) is 8.28. The summed E-state index contributed by atoms with van der Waals surface area (Å²) in [6.07, 6.45) is 0.121. The zero-order valence-electron chi connectivity index (χ0n) is 15.9. The topological polar surface area (TPSA) is 123 Å². The Bertz CT molecular complexity index is 713. The molecule has 1 heterocycles. The number of thioether (sulfide) groups is 1. The molecule has 1 fully saturated rings. The minimum absolute atomic E-state index is 0.121. The number of carbonyl (C=O) groups excluding carboxylic acids is 3. The number of hydrazine groups is 1. The Morgan fingerprint density at radius 3 is 2.48 bits per heavy atom. The van der Waals surface area contributed by atoms with Gasteiger partial charge in [0.05, 0.1) is 18.9 Å². The number of hydrogen-bond acceptors (Lipinski definition) is 7. The van der Waals surface area contributed by atoms with E-state index in [0.29, 0.717) is 0 Å². The second-order valence-electron chi connectivity index (χ2n) is 7.11. The summed E-state index contributed by atoms with van der Waals surface area (Å²) in [7, 11) is 1.31. The summed E-state index contributed by atoms with van der Waals surface area (Å²) in [4.78, 5) is 37.2. The van der Waals surface area contributed by atoms with Crippen molar-refractivity contribution < 1.29 is 19.1 Å². The summed E-state index contributed by atoms with van der Waals surface area (Å²) in [5, 5.41) is 5.31. The number of nitrogens with two attached hydrogens (primary N) is 1. The number of nitrogens with one attached hydrogen (secondary N) is 3. The number of methoxy groups -OCH3 is 1. The van der Waals surface area contributed by atoms with Crippen LogP contribution in [0, 0.1) is 0 Å². The number of esters is 1. The van der Waals surface area contributed by atoms with Gasteiger partial charge in [0.25, 0.3) is 5.91 Å². The van der Waals surface area contributed by atoms with Gasteiger partial charge >= 0.3 is 5.97 Å². The Morgan fingerprint density at radius 1 is 1.30 bits per heavy atom. The van der Waals surface area contributed by atoms with Crippen molar-refractivity contribution in [1.82, 2.24) is 16.1 Å². The molecule has 3 atom stereocenters. The first-order chi connectivity index (χ1) is 12.6. The van der Waals surface area contributed by atoms with Crippen LogP contribution in [0.2, 0.25) is 0 Å². The van der Waals surface area contributed by atoms with Gasteiger partial charge in [-0.3, -0.25) is 25.1 Å². The van der Waals surface area contributed by atoms with E-state index in [0.717, 1.165) is 5.56 Å². The first-order valence-electron chi connectivity index (χ1n) is 8.51.